The van der Waals surface area contributed by atoms with Crippen LogP contribution in [0.3, 0.4) is 0 Å². The summed E-state index contributed by atoms with van der Waals surface area (Å²) < 4.78 is 9.09. The lowest BCUT2D eigenvalue weighted by molar-refractivity contribution is 0.0471. The van der Waals surface area contributed by atoms with Gasteiger partial charge in [-0.25, -0.2) is 0 Å². The number of hydrogen-bond donors (Lipinski definition) is 1. The first-order chi connectivity index (χ1) is 10.1. The fourth-order valence-corrected chi connectivity index (χ4v) is 3.26. The molecule has 0 spiro atoms. The Kier molecular flexibility index (Phi) is 8.52. The standard InChI is InChI=1S/C16H30BrN3O/c1-6-10-18-14(12(5)21-9-4)11-15-16(17)13(7-2)19-20(15)8-3/h12,14,18H,6-11H2,1-5H3. The fraction of sp³-hybridized carbons (Fsp3) is 0.812. The van der Waals surface area contributed by atoms with E-state index >= 15 is 0 Å². The molecule has 1 heterocycles. The summed E-state index contributed by atoms with van der Waals surface area (Å²) in [6.45, 7) is 13.3. The maximum atomic E-state index is 5.81. The Hall–Kier alpha value is -0.390. The second-order valence-electron chi connectivity index (χ2n) is 5.30. The Bertz CT molecular complexity index is 420. The van der Waals surface area contributed by atoms with Crippen LogP contribution in [0, 0.1) is 0 Å². The molecule has 0 amide bonds. The lowest BCUT2D eigenvalue weighted by atomic mass is 10.1. The van der Waals surface area contributed by atoms with Crippen LogP contribution in [0.5, 0.6) is 0 Å². The molecule has 122 valence electrons. The number of hydrogen-bond acceptors (Lipinski definition) is 3. The predicted octanol–water partition coefficient (Wildman–Crippen LogP) is 3.56. The molecule has 4 nitrogen and oxygen atoms in total. The summed E-state index contributed by atoms with van der Waals surface area (Å²) in [5.41, 5.74) is 2.42. The van der Waals surface area contributed by atoms with Crippen molar-refractivity contribution in [1.29, 1.82) is 0 Å². The molecule has 0 fully saturated rings. The van der Waals surface area contributed by atoms with Crippen molar-refractivity contribution in [1.82, 2.24) is 15.1 Å². The summed E-state index contributed by atoms with van der Waals surface area (Å²) in [5.74, 6) is 0. The van der Waals surface area contributed by atoms with Crippen molar-refractivity contribution in [3.05, 3.63) is 15.9 Å². The summed E-state index contributed by atoms with van der Waals surface area (Å²) in [7, 11) is 0. The molecule has 0 radical (unpaired) electrons. The van der Waals surface area contributed by atoms with E-state index in [1.54, 1.807) is 0 Å². The first-order valence-electron chi connectivity index (χ1n) is 8.17. The van der Waals surface area contributed by atoms with Crippen molar-refractivity contribution >= 4 is 15.9 Å². The van der Waals surface area contributed by atoms with E-state index in [4.69, 9.17) is 4.74 Å². The highest BCUT2D eigenvalue weighted by Gasteiger charge is 2.22. The van der Waals surface area contributed by atoms with Crippen LogP contribution in [-0.4, -0.2) is 35.1 Å². The summed E-state index contributed by atoms with van der Waals surface area (Å²) in [6.07, 6.45) is 3.21. The third-order valence-electron chi connectivity index (χ3n) is 3.76. The van der Waals surface area contributed by atoms with Crippen LogP contribution in [0.4, 0.5) is 0 Å². The molecule has 0 saturated carbocycles. The van der Waals surface area contributed by atoms with Gasteiger partial charge < -0.3 is 10.1 Å². The minimum atomic E-state index is 0.193. The maximum Gasteiger partial charge on any atom is 0.0766 e. The number of aryl methyl sites for hydroxylation is 2. The zero-order valence-electron chi connectivity index (χ0n) is 14.1. The molecule has 1 rings (SSSR count). The summed E-state index contributed by atoms with van der Waals surface area (Å²) >= 11 is 3.74. The second-order valence-corrected chi connectivity index (χ2v) is 6.09. The molecule has 21 heavy (non-hydrogen) atoms. The molecule has 0 aliphatic carbocycles. The highest BCUT2D eigenvalue weighted by molar-refractivity contribution is 9.10. The van der Waals surface area contributed by atoms with E-state index in [1.165, 1.54) is 10.2 Å². The molecule has 1 aromatic rings. The van der Waals surface area contributed by atoms with Gasteiger partial charge in [0.2, 0.25) is 0 Å². The van der Waals surface area contributed by atoms with Gasteiger partial charge in [0.25, 0.3) is 0 Å². The van der Waals surface area contributed by atoms with Crippen LogP contribution in [0.2, 0.25) is 0 Å². The van der Waals surface area contributed by atoms with Crippen molar-refractivity contribution in [3.8, 4) is 0 Å². The van der Waals surface area contributed by atoms with Gasteiger partial charge in [-0.3, -0.25) is 4.68 Å². The minimum absolute atomic E-state index is 0.193. The zero-order valence-corrected chi connectivity index (χ0v) is 15.7. The summed E-state index contributed by atoms with van der Waals surface area (Å²) in [5, 5.41) is 8.31. The van der Waals surface area contributed by atoms with E-state index < -0.39 is 0 Å². The number of nitrogens with zero attached hydrogens (tertiary/aromatic N) is 2. The molecule has 0 aliphatic heterocycles. The van der Waals surface area contributed by atoms with Gasteiger partial charge in [-0.2, -0.15) is 5.10 Å². The molecular formula is C16H30BrN3O. The Morgan fingerprint density at radius 2 is 2.00 bits per heavy atom. The van der Waals surface area contributed by atoms with Crippen LogP contribution >= 0.6 is 15.9 Å². The van der Waals surface area contributed by atoms with Gasteiger partial charge in [0.05, 0.1) is 22.0 Å². The minimum Gasteiger partial charge on any atom is -0.377 e. The van der Waals surface area contributed by atoms with E-state index in [0.717, 1.165) is 44.7 Å². The average Bonchev–Trinajstić information content (AvgIpc) is 2.79. The number of ether oxygens (including phenoxy) is 1. The molecule has 0 bridgehead atoms. The van der Waals surface area contributed by atoms with Gasteiger partial charge in [-0.05, 0) is 56.1 Å². The first-order valence-corrected chi connectivity index (χ1v) is 8.97. The van der Waals surface area contributed by atoms with Gasteiger partial charge in [0, 0.05) is 25.6 Å². The third kappa shape index (κ3) is 5.08. The Morgan fingerprint density at radius 1 is 1.29 bits per heavy atom. The van der Waals surface area contributed by atoms with Crippen molar-refractivity contribution in [2.45, 2.75) is 72.6 Å². The maximum absolute atomic E-state index is 5.81. The third-order valence-corrected chi connectivity index (χ3v) is 4.68. The van der Waals surface area contributed by atoms with E-state index in [-0.39, 0.29) is 6.10 Å². The predicted molar refractivity (Wildman–Crippen MR) is 91.9 cm³/mol. The second kappa shape index (κ2) is 9.59. The highest BCUT2D eigenvalue weighted by atomic mass is 79.9. The van der Waals surface area contributed by atoms with E-state index in [0.29, 0.717) is 6.04 Å². The van der Waals surface area contributed by atoms with Gasteiger partial charge in [0.15, 0.2) is 0 Å². The van der Waals surface area contributed by atoms with Crippen molar-refractivity contribution in [2.75, 3.05) is 13.2 Å². The van der Waals surface area contributed by atoms with Crippen molar-refractivity contribution < 1.29 is 4.74 Å². The SMILES string of the molecule is CCCNC(Cc1c(Br)c(CC)nn1CC)C(C)OCC. The number of nitrogens with one attached hydrogen (secondary N) is 1. The quantitative estimate of drug-likeness (QED) is 0.693. The van der Waals surface area contributed by atoms with E-state index in [2.05, 4.69) is 65.6 Å². The molecule has 2 unspecified atom stereocenters. The van der Waals surface area contributed by atoms with Gasteiger partial charge in [-0.15, -0.1) is 0 Å². The van der Waals surface area contributed by atoms with Crippen LogP contribution in [0.25, 0.3) is 0 Å². The van der Waals surface area contributed by atoms with Crippen LogP contribution in [0.15, 0.2) is 4.47 Å². The van der Waals surface area contributed by atoms with Crippen LogP contribution in [-0.2, 0) is 24.1 Å². The monoisotopic (exact) mass is 359 g/mol. The fourth-order valence-electron chi connectivity index (χ4n) is 2.53. The molecule has 1 aromatic heterocycles. The highest BCUT2D eigenvalue weighted by Crippen LogP contribution is 2.24. The van der Waals surface area contributed by atoms with Gasteiger partial charge in [-0.1, -0.05) is 13.8 Å². The van der Waals surface area contributed by atoms with Gasteiger partial charge >= 0.3 is 0 Å². The Labute approximate surface area is 137 Å². The smallest absolute Gasteiger partial charge is 0.0766 e. The molecule has 0 aromatic carbocycles. The molecule has 1 N–H and O–H groups in total. The lowest BCUT2D eigenvalue weighted by Gasteiger charge is -2.25. The Morgan fingerprint density at radius 3 is 2.52 bits per heavy atom. The van der Waals surface area contributed by atoms with Crippen molar-refractivity contribution in [2.24, 2.45) is 0 Å². The first kappa shape index (κ1) is 18.7. The number of aromatic nitrogens is 2. The molecule has 2 atom stereocenters. The van der Waals surface area contributed by atoms with Crippen molar-refractivity contribution in [3.63, 3.8) is 0 Å². The largest absolute Gasteiger partial charge is 0.377 e. The molecule has 0 saturated heterocycles. The topological polar surface area (TPSA) is 39.1 Å². The normalized spacial score (nSPS) is 14.4. The molecule has 5 heteroatoms. The number of rotatable bonds is 10. The molecular weight excluding hydrogens is 330 g/mol. The lowest BCUT2D eigenvalue weighted by Crippen LogP contribution is -2.42. The van der Waals surface area contributed by atoms with E-state index in [9.17, 15) is 0 Å². The van der Waals surface area contributed by atoms with Crippen LogP contribution in [0.1, 0.15) is 52.4 Å². The molecule has 0 aliphatic rings. The average molecular weight is 360 g/mol. The number of halogens is 1. The zero-order chi connectivity index (χ0) is 15.8. The Balaban J connectivity index is 2.93. The van der Waals surface area contributed by atoms with Gasteiger partial charge in [0.1, 0.15) is 0 Å². The van der Waals surface area contributed by atoms with E-state index in [1.807, 2.05) is 0 Å². The van der Waals surface area contributed by atoms with Crippen LogP contribution < -0.4 is 5.32 Å². The summed E-state index contributed by atoms with van der Waals surface area (Å²) in [6, 6.07) is 0.313. The summed E-state index contributed by atoms with van der Waals surface area (Å²) in [4.78, 5) is 0.